The van der Waals surface area contributed by atoms with Crippen molar-refractivity contribution < 1.29 is 13.2 Å². The van der Waals surface area contributed by atoms with Crippen molar-refractivity contribution in [2.24, 2.45) is 10.7 Å². The number of nitrogens with one attached hydrogen (secondary N) is 1. The fourth-order valence-electron chi connectivity index (χ4n) is 5.95. The summed E-state index contributed by atoms with van der Waals surface area (Å²) in [6.07, 6.45) is -4.41. The summed E-state index contributed by atoms with van der Waals surface area (Å²) in [5.41, 5.74) is 13.8. The van der Waals surface area contributed by atoms with Crippen LogP contribution in [-0.4, -0.2) is 16.2 Å². The molecule has 0 saturated carbocycles. The Hall–Kier alpha value is -5.95. The molecule has 7 heteroatoms. The molecule has 1 heterocycles. The van der Waals surface area contributed by atoms with E-state index in [1.165, 1.54) is 12.1 Å². The van der Waals surface area contributed by atoms with Crippen LogP contribution in [0.5, 0.6) is 0 Å². The fraction of sp³-hybridized carbons (Fsp3) is 0.0952. The molecule has 0 aliphatic carbocycles. The lowest BCUT2D eigenvalue weighted by Gasteiger charge is -2.16. The van der Waals surface area contributed by atoms with E-state index in [1.807, 2.05) is 79.7 Å². The summed E-state index contributed by atoms with van der Waals surface area (Å²) in [5, 5.41) is 10.1. The average molecular weight is 653 g/mol. The molecule has 0 aliphatic heterocycles. The Labute approximate surface area is 283 Å². The van der Waals surface area contributed by atoms with E-state index in [-0.39, 0.29) is 11.4 Å². The van der Waals surface area contributed by atoms with Gasteiger partial charge in [0.15, 0.2) is 5.84 Å². The van der Waals surface area contributed by atoms with E-state index in [9.17, 15) is 13.2 Å². The van der Waals surface area contributed by atoms with Gasteiger partial charge in [-0.05, 0) is 72.9 Å². The van der Waals surface area contributed by atoms with E-state index in [0.717, 1.165) is 61.4 Å². The number of fused-ring (bicyclic) bond motifs is 3. The smallest absolute Gasteiger partial charge is 0.383 e. The van der Waals surface area contributed by atoms with Crippen molar-refractivity contribution in [2.75, 3.05) is 0 Å². The SMILES string of the molecule is Cc1ccc2c3ccc(C)cc3n(-c3cc(-c4ccccc4C(F)(F)F)ccc3C)c2c1.N=C(N=C(N)c1ccccc1)c1ccccc1. The second kappa shape index (κ2) is 13.6. The lowest BCUT2D eigenvalue weighted by atomic mass is 9.97. The summed E-state index contributed by atoms with van der Waals surface area (Å²) in [6.45, 7) is 6.10. The number of benzene rings is 6. The minimum atomic E-state index is -4.41. The topological polar surface area (TPSA) is 67.2 Å². The maximum absolute atomic E-state index is 13.7. The quantitative estimate of drug-likeness (QED) is 0.144. The van der Waals surface area contributed by atoms with Gasteiger partial charge in [0, 0.05) is 27.6 Å². The van der Waals surface area contributed by atoms with Crippen molar-refractivity contribution in [1.29, 1.82) is 5.41 Å². The van der Waals surface area contributed by atoms with Crippen LogP contribution in [0.15, 0.2) is 145 Å². The first-order valence-corrected chi connectivity index (χ1v) is 15.8. The highest BCUT2D eigenvalue weighted by Crippen LogP contribution is 2.39. The largest absolute Gasteiger partial charge is 0.417 e. The monoisotopic (exact) mass is 652 g/mol. The average Bonchev–Trinajstić information content (AvgIpc) is 3.41. The predicted molar refractivity (Wildman–Crippen MR) is 196 cm³/mol. The second-order valence-electron chi connectivity index (χ2n) is 12.0. The maximum atomic E-state index is 13.7. The lowest BCUT2D eigenvalue weighted by molar-refractivity contribution is -0.137. The summed E-state index contributed by atoms with van der Waals surface area (Å²) in [5.74, 6) is 0.534. The van der Waals surface area contributed by atoms with Crippen LogP contribution in [0.2, 0.25) is 0 Å². The molecule has 6 aromatic carbocycles. The third-order valence-corrected chi connectivity index (χ3v) is 8.42. The van der Waals surface area contributed by atoms with Crippen molar-refractivity contribution in [2.45, 2.75) is 26.9 Å². The number of aliphatic imine (C=N–C) groups is 1. The van der Waals surface area contributed by atoms with E-state index in [0.29, 0.717) is 11.4 Å². The Morgan fingerprint density at radius 2 is 1.16 bits per heavy atom. The number of halogens is 3. The highest BCUT2D eigenvalue weighted by atomic mass is 19.4. The zero-order valence-corrected chi connectivity index (χ0v) is 27.4. The van der Waals surface area contributed by atoms with Gasteiger partial charge in [0.2, 0.25) is 0 Å². The number of amidine groups is 2. The molecule has 7 aromatic rings. The number of nitrogens with two attached hydrogens (primary N) is 1. The molecule has 1 aromatic heterocycles. The third-order valence-electron chi connectivity index (χ3n) is 8.42. The molecule has 0 bridgehead atoms. The number of hydrogen-bond acceptors (Lipinski definition) is 1. The van der Waals surface area contributed by atoms with Crippen LogP contribution in [0.4, 0.5) is 13.2 Å². The molecule has 0 amide bonds. The van der Waals surface area contributed by atoms with Crippen LogP contribution >= 0.6 is 0 Å². The predicted octanol–water partition coefficient (Wildman–Crippen LogP) is 10.8. The van der Waals surface area contributed by atoms with Gasteiger partial charge in [-0.25, -0.2) is 4.99 Å². The molecule has 244 valence electrons. The molecular weight excluding hydrogens is 617 g/mol. The number of aromatic nitrogens is 1. The number of alkyl halides is 3. The van der Waals surface area contributed by atoms with Gasteiger partial charge in [0.1, 0.15) is 5.84 Å². The first-order valence-electron chi connectivity index (χ1n) is 15.8. The molecule has 0 aliphatic rings. The van der Waals surface area contributed by atoms with Crippen molar-refractivity contribution in [1.82, 2.24) is 4.57 Å². The lowest BCUT2D eigenvalue weighted by Crippen LogP contribution is -2.15. The maximum Gasteiger partial charge on any atom is 0.417 e. The first kappa shape index (κ1) is 33.0. The second-order valence-corrected chi connectivity index (χ2v) is 12.0. The summed E-state index contributed by atoms with van der Waals surface area (Å²) in [7, 11) is 0. The molecule has 0 radical (unpaired) electrons. The molecule has 4 nitrogen and oxygen atoms in total. The summed E-state index contributed by atoms with van der Waals surface area (Å²) < 4.78 is 43.2. The minimum absolute atomic E-state index is 0.173. The van der Waals surface area contributed by atoms with Gasteiger partial charge in [0.25, 0.3) is 0 Å². The highest BCUT2D eigenvalue weighted by Gasteiger charge is 2.33. The Kier molecular flexibility index (Phi) is 9.18. The summed E-state index contributed by atoms with van der Waals surface area (Å²) in [6, 6.07) is 42.8. The molecule has 0 spiro atoms. The molecule has 0 saturated heterocycles. The summed E-state index contributed by atoms with van der Waals surface area (Å²) >= 11 is 0. The molecule has 49 heavy (non-hydrogen) atoms. The highest BCUT2D eigenvalue weighted by molar-refractivity contribution is 6.10. The number of nitrogens with zero attached hydrogens (tertiary/aromatic N) is 2. The van der Waals surface area contributed by atoms with Crippen molar-refractivity contribution in [3.63, 3.8) is 0 Å². The molecule has 3 N–H and O–H groups in total. The Bertz CT molecular complexity index is 2260. The van der Waals surface area contributed by atoms with Gasteiger partial charge < -0.3 is 10.3 Å². The minimum Gasteiger partial charge on any atom is -0.383 e. The van der Waals surface area contributed by atoms with Crippen molar-refractivity contribution in [3.05, 3.63) is 173 Å². The van der Waals surface area contributed by atoms with E-state index in [1.54, 1.807) is 12.1 Å². The van der Waals surface area contributed by atoms with Gasteiger partial charge in [0.05, 0.1) is 16.6 Å². The van der Waals surface area contributed by atoms with Crippen LogP contribution < -0.4 is 5.73 Å². The van der Waals surface area contributed by atoms with E-state index < -0.39 is 11.7 Å². The molecule has 0 fully saturated rings. The number of hydrogen-bond donors (Lipinski definition) is 2. The van der Waals surface area contributed by atoms with Crippen molar-refractivity contribution >= 4 is 33.5 Å². The van der Waals surface area contributed by atoms with Gasteiger partial charge in [-0.3, -0.25) is 5.41 Å². The van der Waals surface area contributed by atoms with Crippen LogP contribution in [0.3, 0.4) is 0 Å². The zero-order chi connectivity index (χ0) is 34.7. The van der Waals surface area contributed by atoms with Gasteiger partial charge in [-0.1, -0.05) is 115 Å². The van der Waals surface area contributed by atoms with Crippen LogP contribution in [-0.2, 0) is 6.18 Å². The molecule has 0 unspecified atom stereocenters. The molecule has 0 atom stereocenters. The molecule has 7 rings (SSSR count). The third kappa shape index (κ3) is 7.02. The van der Waals surface area contributed by atoms with Gasteiger partial charge in [-0.2, -0.15) is 13.2 Å². The van der Waals surface area contributed by atoms with Gasteiger partial charge >= 0.3 is 6.18 Å². The van der Waals surface area contributed by atoms with Crippen molar-refractivity contribution in [3.8, 4) is 16.8 Å². The number of rotatable bonds is 4. The summed E-state index contributed by atoms with van der Waals surface area (Å²) in [4.78, 5) is 4.10. The standard InChI is InChI=1S/C28H22F3N.C14H13N3/c1-17-8-12-22-23-13-9-18(2)15-27(23)32(26(22)14-17)25-16-20(11-10-19(25)3)21-6-4-5-7-24(21)28(29,30)31;15-13(11-7-3-1-4-8-11)17-14(16)12-9-5-2-6-10-12/h4-16H,1-3H3;1-10H,(H3,15,16,17). The van der Waals surface area contributed by atoms with E-state index in [2.05, 4.69) is 59.8 Å². The van der Waals surface area contributed by atoms with Crippen LogP contribution in [0.1, 0.15) is 33.4 Å². The first-order chi connectivity index (χ1) is 23.5. The fourth-order valence-corrected chi connectivity index (χ4v) is 5.95. The normalized spacial score (nSPS) is 11.8. The van der Waals surface area contributed by atoms with E-state index >= 15 is 0 Å². The Morgan fingerprint density at radius 3 is 1.73 bits per heavy atom. The molecular formula is C42H35F3N4. The van der Waals surface area contributed by atoms with Gasteiger partial charge in [-0.15, -0.1) is 0 Å². The zero-order valence-electron chi connectivity index (χ0n) is 27.4. The van der Waals surface area contributed by atoms with Crippen LogP contribution in [0, 0.1) is 26.2 Å². The van der Waals surface area contributed by atoms with Crippen LogP contribution in [0.25, 0.3) is 38.6 Å². The Morgan fingerprint density at radius 1 is 0.633 bits per heavy atom. The van der Waals surface area contributed by atoms with E-state index in [4.69, 9.17) is 11.1 Å². The Balaban J connectivity index is 0.000000207. The number of aryl methyl sites for hydroxylation is 3.